The molecule has 0 aliphatic heterocycles. The molecule has 0 atom stereocenters. The molecular weight excluding hydrogens is 397 g/mol. The summed E-state index contributed by atoms with van der Waals surface area (Å²) >= 11 is 12.6. The number of aromatic nitrogens is 1. The van der Waals surface area contributed by atoms with Crippen molar-refractivity contribution < 1.29 is 14.3 Å². The van der Waals surface area contributed by atoms with E-state index in [4.69, 9.17) is 32.7 Å². The number of ether oxygens (including phenoxy) is 2. The molecule has 148 valence electrons. The van der Waals surface area contributed by atoms with Crippen LogP contribution in [0.5, 0.6) is 5.75 Å². The molecule has 3 aromatic rings. The smallest absolute Gasteiger partial charge is 0.355 e. The molecule has 0 aliphatic carbocycles. The van der Waals surface area contributed by atoms with Crippen molar-refractivity contribution in [2.75, 3.05) is 13.2 Å². The first-order valence-corrected chi connectivity index (χ1v) is 10.0. The molecule has 28 heavy (non-hydrogen) atoms. The molecule has 1 N–H and O–H groups in total. The number of nitrogens with one attached hydrogen (secondary N) is 1. The van der Waals surface area contributed by atoms with Crippen LogP contribution in [-0.4, -0.2) is 24.2 Å². The Morgan fingerprint density at radius 3 is 2.54 bits per heavy atom. The lowest BCUT2D eigenvalue weighted by atomic mass is 10.1. The van der Waals surface area contributed by atoms with E-state index in [0.717, 1.165) is 44.8 Å². The fourth-order valence-electron chi connectivity index (χ4n) is 3.33. The zero-order valence-corrected chi connectivity index (χ0v) is 17.7. The standard InChI is InChI=1S/C22H23Cl2NO3/c1-4-27-22(26)21-16(19-17(23)8-5-9-18(19)25-21)7-6-10-28-15-11-13(2)20(24)14(3)12-15/h5,8-9,11-12,25H,4,6-7,10H2,1-3H3. The van der Waals surface area contributed by atoms with Gasteiger partial charge in [0.05, 0.1) is 18.2 Å². The van der Waals surface area contributed by atoms with Gasteiger partial charge in [0.25, 0.3) is 0 Å². The summed E-state index contributed by atoms with van der Waals surface area (Å²) in [6.45, 7) is 6.54. The predicted molar refractivity (Wildman–Crippen MR) is 114 cm³/mol. The number of H-pyrrole nitrogens is 1. The Morgan fingerprint density at radius 2 is 1.86 bits per heavy atom. The highest BCUT2D eigenvalue weighted by atomic mass is 35.5. The van der Waals surface area contributed by atoms with Gasteiger partial charge in [-0.3, -0.25) is 0 Å². The van der Waals surface area contributed by atoms with Crippen molar-refractivity contribution >= 4 is 40.1 Å². The summed E-state index contributed by atoms with van der Waals surface area (Å²) in [6, 6.07) is 9.45. The Bertz CT molecular complexity index is 987. The van der Waals surface area contributed by atoms with E-state index in [1.807, 2.05) is 44.2 Å². The van der Waals surface area contributed by atoms with Gasteiger partial charge >= 0.3 is 5.97 Å². The molecule has 0 amide bonds. The molecule has 0 aliphatic rings. The first kappa shape index (κ1) is 20.6. The van der Waals surface area contributed by atoms with E-state index in [1.165, 1.54) is 0 Å². The van der Waals surface area contributed by atoms with Gasteiger partial charge in [0.1, 0.15) is 11.4 Å². The molecule has 0 fully saturated rings. The summed E-state index contributed by atoms with van der Waals surface area (Å²) in [5, 5.41) is 2.24. The Balaban J connectivity index is 1.76. The Morgan fingerprint density at radius 1 is 1.14 bits per heavy atom. The number of hydrogen-bond acceptors (Lipinski definition) is 3. The van der Waals surface area contributed by atoms with Gasteiger partial charge in [-0.25, -0.2) is 4.79 Å². The maximum Gasteiger partial charge on any atom is 0.355 e. The fraction of sp³-hybridized carbons (Fsp3) is 0.318. The van der Waals surface area contributed by atoms with E-state index in [2.05, 4.69) is 4.98 Å². The van der Waals surface area contributed by atoms with Gasteiger partial charge < -0.3 is 14.5 Å². The summed E-state index contributed by atoms with van der Waals surface area (Å²) < 4.78 is 11.1. The average molecular weight is 420 g/mol. The molecule has 0 unspecified atom stereocenters. The minimum Gasteiger partial charge on any atom is -0.494 e. The maximum absolute atomic E-state index is 12.4. The topological polar surface area (TPSA) is 51.3 Å². The first-order chi connectivity index (χ1) is 13.4. The second-order valence-corrected chi connectivity index (χ2v) is 7.47. The van der Waals surface area contributed by atoms with Gasteiger partial charge in [0.15, 0.2) is 0 Å². The molecule has 0 bridgehead atoms. The maximum atomic E-state index is 12.4. The number of aromatic amines is 1. The van der Waals surface area contributed by atoms with E-state index in [1.54, 1.807) is 6.92 Å². The van der Waals surface area contributed by atoms with E-state index < -0.39 is 0 Å². The third kappa shape index (κ3) is 4.29. The van der Waals surface area contributed by atoms with Gasteiger partial charge in [-0.2, -0.15) is 0 Å². The molecule has 2 aromatic carbocycles. The number of rotatable bonds is 7. The van der Waals surface area contributed by atoms with E-state index in [9.17, 15) is 4.79 Å². The SMILES string of the molecule is CCOC(=O)c1[nH]c2cccc(Cl)c2c1CCCOc1cc(C)c(Cl)c(C)c1. The molecule has 0 radical (unpaired) electrons. The van der Waals surface area contributed by atoms with Gasteiger partial charge in [-0.05, 0) is 74.6 Å². The highest BCUT2D eigenvalue weighted by Crippen LogP contribution is 2.31. The van der Waals surface area contributed by atoms with Crippen LogP contribution in [0.3, 0.4) is 0 Å². The quantitative estimate of drug-likeness (QED) is 0.362. The van der Waals surface area contributed by atoms with Crippen molar-refractivity contribution in [3.05, 3.63) is 62.8 Å². The second kappa shape index (κ2) is 8.89. The zero-order valence-electron chi connectivity index (χ0n) is 16.2. The predicted octanol–water partition coefficient (Wildman–Crippen LogP) is 6.28. The van der Waals surface area contributed by atoms with Crippen LogP contribution >= 0.6 is 23.2 Å². The summed E-state index contributed by atoms with van der Waals surface area (Å²) in [7, 11) is 0. The van der Waals surface area contributed by atoms with Crippen LogP contribution < -0.4 is 4.74 Å². The van der Waals surface area contributed by atoms with Gasteiger partial charge in [0.2, 0.25) is 0 Å². The Kier molecular flexibility index (Phi) is 6.53. The lowest BCUT2D eigenvalue weighted by Crippen LogP contribution is -2.09. The lowest BCUT2D eigenvalue weighted by Gasteiger charge is -2.10. The zero-order chi connectivity index (χ0) is 20.3. The van der Waals surface area contributed by atoms with E-state index in [0.29, 0.717) is 30.4 Å². The lowest BCUT2D eigenvalue weighted by molar-refractivity contribution is 0.0519. The molecule has 1 aromatic heterocycles. The van der Waals surface area contributed by atoms with Gasteiger partial charge in [-0.15, -0.1) is 0 Å². The minimum atomic E-state index is -0.366. The summed E-state index contributed by atoms with van der Waals surface area (Å²) in [6.07, 6.45) is 1.37. The van der Waals surface area contributed by atoms with Crippen LogP contribution in [0, 0.1) is 13.8 Å². The molecule has 4 nitrogen and oxygen atoms in total. The molecule has 0 spiro atoms. The second-order valence-electron chi connectivity index (χ2n) is 6.68. The highest BCUT2D eigenvalue weighted by Gasteiger charge is 2.20. The first-order valence-electron chi connectivity index (χ1n) is 9.28. The minimum absolute atomic E-state index is 0.319. The number of halogens is 2. The monoisotopic (exact) mass is 419 g/mol. The van der Waals surface area contributed by atoms with Crippen molar-refractivity contribution in [3.63, 3.8) is 0 Å². The summed E-state index contributed by atoms with van der Waals surface area (Å²) in [5.41, 5.74) is 4.14. The van der Waals surface area contributed by atoms with Crippen LogP contribution in [0.2, 0.25) is 10.0 Å². The van der Waals surface area contributed by atoms with Crippen molar-refractivity contribution in [3.8, 4) is 5.75 Å². The largest absolute Gasteiger partial charge is 0.494 e. The number of carbonyl (C=O) groups is 1. The van der Waals surface area contributed by atoms with Crippen LogP contribution in [0.1, 0.15) is 40.5 Å². The van der Waals surface area contributed by atoms with Crippen molar-refractivity contribution in [1.29, 1.82) is 0 Å². The number of fused-ring (bicyclic) bond motifs is 1. The molecule has 6 heteroatoms. The molecule has 1 heterocycles. The number of esters is 1. The Hall–Kier alpha value is -2.17. The van der Waals surface area contributed by atoms with Crippen LogP contribution in [0.4, 0.5) is 0 Å². The summed E-state index contributed by atoms with van der Waals surface area (Å²) in [5.74, 6) is 0.427. The van der Waals surface area contributed by atoms with Crippen molar-refractivity contribution in [2.45, 2.75) is 33.6 Å². The van der Waals surface area contributed by atoms with Crippen LogP contribution in [0.15, 0.2) is 30.3 Å². The number of benzene rings is 2. The van der Waals surface area contributed by atoms with Crippen LogP contribution in [-0.2, 0) is 11.2 Å². The molecule has 0 saturated carbocycles. The fourth-order valence-corrected chi connectivity index (χ4v) is 3.72. The third-order valence-electron chi connectivity index (χ3n) is 4.61. The normalized spacial score (nSPS) is 11.0. The number of hydrogen-bond donors (Lipinski definition) is 1. The van der Waals surface area contributed by atoms with Gasteiger partial charge in [0, 0.05) is 15.9 Å². The molecular formula is C22H23Cl2NO3. The molecule has 3 rings (SSSR count). The number of aryl methyl sites for hydroxylation is 3. The van der Waals surface area contributed by atoms with Crippen LogP contribution in [0.25, 0.3) is 10.9 Å². The number of carbonyl (C=O) groups excluding carboxylic acids is 1. The van der Waals surface area contributed by atoms with E-state index in [-0.39, 0.29) is 5.97 Å². The third-order valence-corrected chi connectivity index (χ3v) is 5.52. The van der Waals surface area contributed by atoms with Gasteiger partial charge in [-0.1, -0.05) is 29.3 Å². The average Bonchev–Trinajstić information content (AvgIpc) is 3.03. The highest BCUT2D eigenvalue weighted by molar-refractivity contribution is 6.36. The Labute approximate surface area is 174 Å². The van der Waals surface area contributed by atoms with Crippen molar-refractivity contribution in [2.24, 2.45) is 0 Å². The van der Waals surface area contributed by atoms with E-state index >= 15 is 0 Å². The molecule has 0 saturated heterocycles. The van der Waals surface area contributed by atoms with Crippen molar-refractivity contribution in [1.82, 2.24) is 4.98 Å². The summed E-state index contributed by atoms with van der Waals surface area (Å²) in [4.78, 5) is 15.5.